The summed E-state index contributed by atoms with van der Waals surface area (Å²) in [6.07, 6.45) is 0. The molecule has 4 N–H and O–H groups in total. The molecule has 4 nitrogen and oxygen atoms in total. The summed E-state index contributed by atoms with van der Waals surface area (Å²) in [5.41, 5.74) is 0. The first kappa shape index (κ1) is 29.6. The minimum absolute atomic E-state index is 0. The van der Waals surface area contributed by atoms with E-state index in [4.69, 9.17) is 19.2 Å². The molecule has 0 aliphatic heterocycles. The Hall–Kier alpha value is 2.06. The van der Waals surface area contributed by atoms with Gasteiger partial charge in [-0.3, -0.25) is 0 Å². The van der Waals surface area contributed by atoms with Gasteiger partial charge in [0.15, 0.2) is 0 Å². The Bertz CT molecular complexity index is 34.0. The van der Waals surface area contributed by atoms with E-state index in [1.165, 1.54) is 0 Å². The summed E-state index contributed by atoms with van der Waals surface area (Å²) in [6.45, 7) is 5.00. The van der Waals surface area contributed by atoms with Gasteiger partial charge >= 0.3 is 68.2 Å². The van der Waals surface area contributed by atoms with Crippen molar-refractivity contribution in [2.45, 2.75) is 6.92 Å². The average molecular weight is 186 g/mol. The Kier molecular flexibility index (Phi) is 51.0. The molecule has 0 aromatic heterocycles. The summed E-state index contributed by atoms with van der Waals surface area (Å²) < 4.78 is 0. The van der Waals surface area contributed by atoms with Crippen molar-refractivity contribution < 1.29 is 78.3 Å². The van der Waals surface area contributed by atoms with Crippen molar-refractivity contribution in [2.24, 2.45) is 0 Å². The predicted molar refractivity (Wildman–Crippen MR) is 32.1 cm³/mol. The van der Waals surface area contributed by atoms with Gasteiger partial charge in [0.2, 0.25) is 0 Å². The summed E-state index contributed by atoms with van der Waals surface area (Å²) in [7, 11) is -4.61. The molecule has 0 aromatic rings. The number of rotatable bonds is 0. The average Bonchev–Trinajstić information content (AvgIpc) is 1.36. The Balaban J connectivity index is -0.0000000154. The van der Waals surface area contributed by atoms with Crippen molar-refractivity contribution in [3.05, 3.63) is 14.4 Å². The standard InChI is InChI=1S/C2H5.CH3.2Na.H4O4Si/c1-2;;;;1-5(2,3)4/h1H2,2H3;1H3;;;1-4H/q2*-1;2*+1;. The van der Waals surface area contributed by atoms with Crippen molar-refractivity contribution in [1.29, 1.82) is 0 Å². The molecule has 0 rings (SSSR count). The van der Waals surface area contributed by atoms with Gasteiger partial charge in [0.25, 0.3) is 0 Å². The molecule has 10 heavy (non-hydrogen) atoms. The van der Waals surface area contributed by atoms with Gasteiger partial charge in [-0.1, -0.05) is 0 Å². The molecule has 0 aliphatic rings. The predicted octanol–water partition coefficient (Wildman–Crippen LogP) is -7.31. The van der Waals surface area contributed by atoms with Gasteiger partial charge in [-0.2, -0.15) is 6.92 Å². The zero-order valence-electron chi connectivity index (χ0n) is 7.00. The molecule has 0 radical (unpaired) electrons. The molecule has 0 saturated carbocycles. The molecule has 7 heteroatoms. The van der Waals surface area contributed by atoms with Gasteiger partial charge in [-0.05, 0) is 0 Å². The maximum Gasteiger partial charge on any atom is 1.00 e. The van der Waals surface area contributed by atoms with Crippen LogP contribution in [0.3, 0.4) is 0 Å². The van der Waals surface area contributed by atoms with E-state index in [1.54, 1.807) is 6.92 Å². The van der Waals surface area contributed by atoms with Crippen LogP contribution in [0.4, 0.5) is 0 Å². The van der Waals surface area contributed by atoms with E-state index in [-0.39, 0.29) is 66.5 Å². The smallest absolute Gasteiger partial charge is 0.368 e. The van der Waals surface area contributed by atoms with E-state index in [1.807, 2.05) is 0 Å². The van der Waals surface area contributed by atoms with Crippen molar-refractivity contribution in [1.82, 2.24) is 0 Å². The molecule has 0 spiro atoms. The third-order valence-corrected chi connectivity index (χ3v) is 0. The molecule has 0 unspecified atom stereocenters. The SMILES string of the molecule is O[Si](O)(O)O.[CH2-]C.[CH3-].[Na+].[Na+]. The van der Waals surface area contributed by atoms with E-state index < -0.39 is 9.05 Å². The molecular weight excluding hydrogens is 174 g/mol. The molecule has 0 heterocycles. The summed E-state index contributed by atoms with van der Waals surface area (Å²) in [5, 5.41) is 0. The fourth-order valence-corrected chi connectivity index (χ4v) is 0. The largest absolute Gasteiger partial charge is 1.00 e. The maximum absolute atomic E-state index is 7.33. The van der Waals surface area contributed by atoms with Crippen LogP contribution in [0.1, 0.15) is 6.92 Å². The Labute approximate surface area is 107 Å². The first-order valence-corrected chi connectivity index (χ1v) is 3.39. The third-order valence-electron chi connectivity index (χ3n) is 0. The molecule has 0 aromatic carbocycles. The van der Waals surface area contributed by atoms with Gasteiger partial charge in [-0.15, -0.1) is 0 Å². The molecule has 0 amide bonds. The van der Waals surface area contributed by atoms with E-state index in [0.717, 1.165) is 0 Å². The van der Waals surface area contributed by atoms with Gasteiger partial charge in [0.1, 0.15) is 0 Å². The van der Waals surface area contributed by atoms with Gasteiger partial charge in [-0.25, -0.2) is 0 Å². The van der Waals surface area contributed by atoms with E-state index >= 15 is 0 Å². The minimum Gasteiger partial charge on any atom is -0.368 e. The minimum atomic E-state index is -4.61. The van der Waals surface area contributed by atoms with Crippen LogP contribution in [0.15, 0.2) is 0 Å². The summed E-state index contributed by atoms with van der Waals surface area (Å²) >= 11 is 0. The second-order valence-electron chi connectivity index (χ2n) is 0.600. The van der Waals surface area contributed by atoms with Crippen molar-refractivity contribution in [3.63, 3.8) is 0 Å². The van der Waals surface area contributed by atoms with Crippen LogP contribution >= 0.6 is 0 Å². The van der Waals surface area contributed by atoms with Crippen LogP contribution in [-0.2, 0) is 0 Å². The van der Waals surface area contributed by atoms with Crippen molar-refractivity contribution in [3.8, 4) is 0 Å². The summed E-state index contributed by atoms with van der Waals surface area (Å²) in [6, 6.07) is 0. The zero-order valence-corrected chi connectivity index (χ0v) is 12.0. The second-order valence-corrected chi connectivity index (χ2v) is 1.80. The van der Waals surface area contributed by atoms with E-state index in [9.17, 15) is 0 Å². The topological polar surface area (TPSA) is 80.9 Å². The van der Waals surface area contributed by atoms with Crippen molar-refractivity contribution in [2.75, 3.05) is 0 Å². The first-order valence-electron chi connectivity index (χ1n) is 1.60. The van der Waals surface area contributed by atoms with Crippen LogP contribution in [-0.4, -0.2) is 28.2 Å². The first-order chi connectivity index (χ1) is 3.00. The molecule has 0 bridgehead atoms. The van der Waals surface area contributed by atoms with Crippen LogP contribution in [0.5, 0.6) is 0 Å². The molecule has 0 saturated heterocycles. The quantitative estimate of drug-likeness (QED) is 0.224. The van der Waals surface area contributed by atoms with Gasteiger partial charge in [0, 0.05) is 0 Å². The molecular formula is C3H12Na2O4Si. The van der Waals surface area contributed by atoms with Gasteiger partial charge in [0.05, 0.1) is 0 Å². The summed E-state index contributed by atoms with van der Waals surface area (Å²) in [5.74, 6) is 0. The van der Waals surface area contributed by atoms with Crippen molar-refractivity contribution >= 4 is 9.05 Å². The van der Waals surface area contributed by atoms with Crippen LogP contribution in [0.2, 0.25) is 0 Å². The van der Waals surface area contributed by atoms with Crippen LogP contribution < -0.4 is 59.1 Å². The number of hydrogen-bond donors (Lipinski definition) is 4. The Morgan fingerprint density at radius 3 is 0.900 bits per heavy atom. The maximum atomic E-state index is 7.33. The second kappa shape index (κ2) is 17.2. The monoisotopic (exact) mass is 186 g/mol. The van der Waals surface area contributed by atoms with E-state index in [0.29, 0.717) is 0 Å². The Morgan fingerprint density at radius 1 is 0.900 bits per heavy atom. The summed E-state index contributed by atoms with van der Waals surface area (Å²) in [4.78, 5) is 29.3. The fourth-order valence-electron chi connectivity index (χ4n) is 0. The Morgan fingerprint density at radius 2 is 0.900 bits per heavy atom. The van der Waals surface area contributed by atoms with Crippen LogP contribution in [0.25, 0.3) is 0 Å². The van der Waals surface area contributed by atoms with Crippen LogP contribution in [0, 0.1) is 14.4 Å². The third kappa shape index (κ3) is 195. The fraction of sp³-hybridized carbons (Fsp3) is 0.333. The molecule has 0 fully saturated rings. The van der Waals surface area contributed by atoms with E-state index in [2.05, 4.69) is 6.92 Å². The number of hydrogen-bond acceptors (Lipinski definition) is 4. The van der Waals surface area contributed by atoms with Gasteiger partial charge < -0.3 is 33.5 Å². The molecule has 0 atom stereocenters. The zero-order chi connectivity index (χ0) is 6.50. The molecule has 54 valence electrons. The normalized spacial score (nSPS) is 6.60. The molecule has 0 aliphatic carbocycles.